The normalized spacial score (nSPS) is 27.3. The van der Waals surface area contributed by atoms with Gasteiger partial charge in [-0.25, -0.2) is 0 Å². The summed E-state index contributed by atoms with van der Waals surface area (Å²) in [6.45, 7) is 3.63. The van der Waals surface area contributed by atoms with Crippen molar-refractivity contribution in [3.05, 3.63) is 42.5 Å². The molecule has 0 heterocycles. The largest absolute Gasteiger partial charge is 0.573 e. The number of esters is 1. The third-order valence-electron chi connectivity index (χ3n) is 6.59. The van der Waals surface area contributed by atoms with Crippen LogP contribution in [-0.4, -0.2) is 18.4 Å². The number of allylic oxidation sites excluding steroid dienone is 1. The lowest BCUT2D eigenvalue weighted by Gasteiger charge is -2.37. The lowest BCUT2D eigenvalue weighted by molar-refractivity contribution is -0.274. The van der Waals surface area contributed by atoms with Gasteiger partial charge in [0.25, 0.3) is 0 Å². The molecule has 2 fully saturated rings. The Morgan fingerprint density at radius 2 is 1.53 bits per heavy atom. The van der Waals surface area contributed by atoms with Crippen LogP contribution in [0.3, 0.4) is 0 Å². The number of hydrogen-bond acceptors (Lipinski definition) is 3. The van der Waals surface area contributed by atoms with Crippen LogP contribution < -0.4 is 4.74 Å². The second-order valence-electron chi connectivity index (χ2n) is 8.58. The van der Waals surface area contributed by atoms with Gasteiger partial charge in [0.1, 0.15) is 11.9 Å². The second-order valence-corrected chi connectivity index (χ2v) is 8.58. The third-order valence-corrected chi connectivity index (χ3v) is 6.59. The zero-order valence-electron chi connectivity index (χ0n) is 17.3. The summed E-state index contributed by atoms with van der Waals surface area (Å²) in [6, 6.07) is 6.34. The van der Waals surface area contributed by atoms with Gasteiger partial charge in [-0.05, 0) is 93.2 Å². The molecule has 3 nitrogen and oxygen atoms in total. The van der Waals surface area contributed by atoms with Crippen molar-refractivity contribution in [3.8, 4) is 5.75 Å². The number of carbonyl (C=O) groups is 1. The number of hydrogen-bond donors (Lipinski definition) is 0. The fourth-order valence-corrected chi connectivity index (χ4v) is 5.01. The average Bonchev–Trinajstić information content (AvgIpc) is 2.72. The molecule has 3 rings (SSSR count). The maximum absolute atomic E-state index is 12.3. The molecule has 0 radical (unpaired) electrons. The van der Waals surface area contributed by atoms with Gasteiger partial charge >= 0.3 is 12.3 Å². The van der Waals surface area contributed by atoms with Gasteiger partial charge in [0, 0.05) is 6.42 Å². The highest BCUT2D eigenvalue weighted by molar-refractivity contribution is 5.69. The molecule has 0 saturated heterocycles. The number of halogens is 3. The molecule has 0 unspecified atom stereocenters. The molecule has 0 N–H and O–H groups in total. The average molecular weight is 425 g/mol. The van der Waals surface area contributed by atoms with Crippen molar-refractivity contribution >= 4 is 5.97 Å². The Hall–Kier alpha value is -1.98. The fourth-order valence-electron chi connectivity index (χ4n) is 5.01. The van der Waals surface area contributed by atoms with E-state index in [0.717, 1.165) is 56.9 Å². The Kier molecular flexibility index (Phi) is 7.84. The van der Waals surface area contributed by atoms with Crippen LogP contribution >= 0.6 is 0 Å². The Morgan fingerprint density at radius 3 is 2.07 bits per heavy atom. The van der Waals surface area contributed by atoms with Gasteiger partial charge in [-0.3, -0.25) is 4.79 Å². The Morgan fingerprint density at radius 1 is 0.967 bits per heavy atom. The van der Waals surface area contributed by atoms with E-state index in [0.29, 0.717) is 30.6 Å². The van der Waals surface area contributed by atoms with Crippen molar-refractivity contribution in [1.82, 2.24) is 0 Å². The van der Waals surface area contributed by atoms with E-state index >= 15 is 0 Å². The van der Waals surface area contributed by atoms with Gasteiger partial charge in [0.2, 0.25) is 0 Å². The maximum Gasteiger partial charge on any atom is 0.573 e. The molecular weight excluding hydrogens is 393 g/mol. The summed E-state index contributed by atoms with van der Waals surface area (Å²) in [7, 11) is 0. The Bertz CT molecular complexity index is 683. The molecule has 2 aliphatic rings. The van der Waals surface area contributed by atoms with Gasteiger partial charge < -0.3 is 9.47 Å². The Balaban J connectivity index is 1.41. The van der Waals surface area contributed by atoms with Crippen LogP contribution in [0.5, 0.6) is 5.75 Å². The molecular formula is C24H31F3O3. The van der Waals surface area contributed by atoms with E-state index in [9.17, 15) is 18.0 Å². The van der Waals surface area contributed by atoms with Crippen LogP contribution in [0.1, 0.15) is 75.7 Å². The van der Waals surface area contributed by atoms with Crippen LogP contribution in [-0.2, 0) is 9.53 Å². The molecule has 166 valence electrons. The number of alkyl halides is 3. The minimum atomic E-state index is -4.65. The van der Waals surface area contributed by atoms with Gasteiger partial charge in [0.15, 0.2) is 0 Å². The molecule has 0 amide bonds. The molecule has 6 heteroatoms. The summed E-state index contributed by atoms with van der Waals surface area (Å²) >= 11 is 0. The summed E-state index contributed by atoms with van der Waals surface area (Å²) < 4.78 is 46.4. The third kappa shape index (κ3) is 6.78. The molecule has 30 heavy (non-hydrogen) atoms. The first-order chi connectivity index (χ1) is 14.3. The molecule has 0 aliphatic heterocycles. The second kappa shape index (κ2) is 10.4. The molecule has 0 atom stereocenters. The molecule has 1 aromatic carbocycles. The first kappa shape index (κ1) is 22.7. The topological polar surface area (TPSA) is 35.5 Å². The summed E-state index contributed by atoms with van der Waals surface area (Å²) in [4.78, 5) is 11.8. The summed E-state index contributed by atoms with van der Waals surface area (Å²) in [5.41, 5.74) is 1.10. The van der Waals surface area contributed by atoms with Crippen LogP contribution in [0.15, 0.2) is 36.9 Å². The molecule has 0 spiro atoms. The Labute approximate surface area is 176 Å². The lowest BCUT2D eigenvalue weighted by atomic mass is 9.69. The maximum atomic E-state index is 12.3. The van der Waals surface area contributed by atoms with E-state index in [1.165, 1.54) is 12.1 Å². The van der Waals surface area contributed by atoms with Crippen molar-refractivity contribution in [2.75, 3.05) is 0 Å². The smallest absolute Gasteiger partial charge is 0.462 e. The van der Waals surface area contributed by atoms with E-state index in [4.69, 9.17) is 4.74 Å². The first-order valence-electron chi connectivity index (χ1n) is 11.0. The number of benzene rings is 1. The lowest BCUT2D eigenvalue weighted by Crippen LogP contribution is -2.29. The monoisotopic (exact) mass is 424 g/mol. The molecule has 1 aromatic rings. The number of rotatable bonds is 7. The van der Waals surface area contributed by atoms with E-state index in [-0.39, 0.29) is 17.8 Å². The summed E-state index contributed by atoms with van der Waals surface area (Å²) in [6.07, 6.45) is 6.79. The van der Waals surface area contributed by atoms with Crippen LogP contribution in [0.2, 0.25) is 0 Å². The van der Waals surface area contributed by atoms with Crippen LogP contribution in [0, 0.1) is 11.8 Å². The molecule has 2 aliphatic carbocycles. The van der Waals surface area contributed by atoms with Crippen LogP contribution in [0.4, 0.5) is 13.2 Å². The summed E-state index contributed by atoms with van der Waals surface area (Å²) in [5.74, 6) is 1.51. The predicted molar refractivity (Wildman–Crippen MR) is 109 cm³/mol. The standard InChI is InChI=1S/C24H31F3O3/c1-2-3-4-23(28)29-21-13-9-19(10-14-21)17-5-7-18(8-6-17)20-11-15-22(16-12-20)30-24(25,26)27/h2,11-12,15-19,21H,1,3-10,13-14H2/t17-,18-,19-,21-. The van der Waals surface area contributed by atoms with Crippen molar-refractivity contribution in [2.45, 2.75) is 82.6 Å². The SMILES string of the molecule is C=CCCC(=O)O[C@H]1CC[C@H]([C@H]2CC[C@H](c3ccc(OC(F)(F)F)cc3)CC2)CC1. The van der Waals surface area contributed by atoms with Crippen molar-refractivity contribution < 1.29 is 27.4 Å². The van der Waals surface area contributed by atoms with E-state index < -0.39 is 6.36 Å². The minimum absolute atomic E-state index is 0.0623. The van der Waals surface area contributed by atoms with Crippen molar-refractivity contribution in [3.63, 3.8) is 0 Å². The van der Waals surface area contributed by atoms with Gasteiger partial charge in [0.05, 0.1) is 0 Å². The molecule has 2 saturated carbocycles. The molecule has 0 aromatic heterocycles. The van der Waals surface area contributed by atoms with Crippen LogP contribution in [0.25, 0.3) is 0 Å². The summed E-state index contributed by atoms with van der Waals surface area (Å²) in [5, 5.41) is 0. The fraction of sp³-hybridized carbons (Fsp3) is 0.625. The van der Waals surface area contributed by atoms with Gasteiger partial charge in [-0.15, -0.1) is 19.8 Å². The molecule has 0 bridgehead atoms. The van der Waals surface area contributed by atoms with Crippen molar-refractivity contribution in [1.29, 1.82) is 0 Å². The minimum Gasteiger partial charge on any atom is -0.462 e. The highest BCUT2D eigenvalue weighted by atomic mass is 19.4. The zero-order valence-corrected chi connectivity index (χ0v) is 17.3. The highest BCUT2D eigenvalue weighted by Crippen LogP contribution is 2.43. The quantitative estimate of drug-likeness (QED) is 0.352. The van der Waals surface area contributed by atoms with E-state index in [1.807, 2.05) is 0 Å². The van der Waals surface area contributed by atoms with E-state index in [2.05, 4.69) is 11.3 Å². The number of ether oxygens (including phenoxy) is 2. The highest BCUT2D eigenvalue weighted by Gasteiger charge is 2.33. The van der Waals surface area contributed by atoms with Crippen molar-refractivity contribution in [2.24, 2.45) is 11.8 Å². The van der Waals surface area contributed by atoms with Gasteiger partial charge in [-0.2, -0.15) is 0 Å². The first-order valence-corrected chi connectivity index (χ1v) is 11.0. The zero-order chi connectivity index (χ0) is 21.6. The van der Waals surface area contributed by atoms with Gasteiger partial charge in [-0.1, -0.05) is 18.2 Å². The van der Waals surface area contributed by atoms with E-state index in [1.54, 1.807) is 18.2 Å². The number of carbonyl (C=O) groups excluding carboxylic acids is 1. The predicted octanol–water partition coefficient (Wildman–Crippen LogP) is 6.93.